The van der Waals surface area contributed by atoms with Gasteiger partial charge in [0.15, 0.2) is 11.5 Å². The minimum Gasteiger partial charge on any atom is -0.486 e. The number of nitrogens with one attached hydrogen (secondary N) is 2. The number of hydrogen-bond donors (Lipinski definition) is 2. The van der Waals surface area contributed by atoms with Crippen molar-refractivity contribution in [3.8, 4) is 17.2 Å². The van der Waals surface area contributed by atoms with Crippen molar-refractivity contribution >= 4 is 23.2 Å². The topological polar surface area (TPSA) is 81.6 Å². The van der Waals surface area contributed by atoms with E-state index in [0.29, 0.717) is 35.9 Å². The summed E-state index contributed by atoms with van der Waals surface area (Å²) in [6, 6.07) is 14.8. The van der Waals surface area contributed by atoms with Gasteiger partial charge in [-0.15, -0.1) is 0 Å². The van der Waals surface area contributed by atoms with Crippen molar-refractivity contribution in [2.45, 2.75) is 27.7 Å². The molecule has 32 heavy (non-hydrogen) atoms. The number of ether oxygens (including phenoxy) is 2. The van der Waals surface area contributed by atoms with Gasteiger partial charge in [-0.25, -0.2) is 0 Å². The van der Waals surface area contributed by atoms with Gasteiger partial charge >= 0.3 is 0 Å². The summed E-state index contributed by atoms with van der Waals surface area (Å²) in [6.07, 6.45) is 0. The maximum absolute atomic E-state index is 13.0. The number of amides is 2. The second kappa shape index (κ2) is 8.78. The molecule has 1 aliphatic heterocycles. The lowest BCUT2D eigenvalue weighted by molar-refractivity contribution is -0.118. The van der Waals surface area contributed by atoms with Gasteiger partial charge in [-0.2, -0.15) is 0 Å². The van der Waals surface area contributed by atoms with Gasteiger partial charge in [0.05, 0.1) is 5.56 Å². The van der Waals surface area contributed by atoms with Crippen LogP contribution in [0.2, 0.25) is 0 Å². The molecule has 0 spiro atoms. The zero-order valence-electron chi connectivity index (χ0n) is 18.7. The lowest BCUT2D eigenvalue weighted by atomic mass is 10.2. The summed E-state index contributed by atoms with van der Waals surface area (Å²) >= 11 is 0. The highest BCUT2D eigenvalue weighted by Gasteiger charge is 2.19. The quantitative estimate of drug-likeness (QED) is 0.610. The van der Waals surface area contributed by atoms with Crippen molar-refractivity contribution in [2.75, 3.05) is 23.8 Å². The molecule has 0 unspecified atom stereocenters. The van der Waals surface area contributed by atoms with E-state index < -0.39 is 0 Å². The summed E-state index contributed by atoms with van der Waals surface area (Å²) in [7, 11) is 0. The molecule has 0 saturated carbocycles. The molecule has 4 rings (SSSR count). The maximum Gasteiger partial charge on any atom is 0.257 e. The van der Waals surface area contributed by atoms with Gasteiger partial charge in [0, 0.05) is 40.4 Å². The Morgan fingerprint density at radius 3 is 2.31 bits per heavy atom. The number of aromatic nitrogens is 1. The van der Waals surface area contributed by atoms with E-state index >= 15 is 0 Å². The Hall–Kier alpha value is -3.74. The lowest BCUT2D eigenvalue weighted by Crippen LogP contribution is -2.18. The predicted octanol–water partition coefficient (Wildman–Crippen LogP) is 4.71. The van der Waals surface area contributed by atoms with Crippen molar-refractivity contribution in [1.29, 1.82) is 0 Å². The number of benzene rings is 2. The fourth-order valence-electron chi connectivity index (χ4n) is 3.72. The summed E-state index contributed by atoms with van der Waals surface area (Å²) in [6.45, 7) is 8.60. The number of hydrogen-bond acceptors (Lipinski definition) is 4. The van der Waals surface area contributed by atoms with Gasteiger partial charge in [0.25, 0.3) is 5.91 Å². The molecule has 1 aromatic heterocycles. The van der Waals surface area contributed by atoms with Crippen LogP contribution >= 0.6 is 0 Å². The van der Waals surface area contributed by atoms with Gasteiger partial charge < -0.3 is 24.7 Å². The molecular weight excluding hydrogens is 406 g/mol. The zero-order chi connectivity index (χ0) is 22.8. The van der Waals surface area contributed by atoms with Gasteiger partial charge in [-0.3, -0.25) is 9.59 Å². The fourth-order valence-corrected chi connectivity index (χ4v) is 3.72. The third-order valence-electron chi connectivity index (χ3n) is 5.37. The minimum absolute atomic E-state index is 0.0727. The van der Waals surface area contributed by atoms with Crippen molar-refractivity contribution in [1.82, 2.24) is 4.57 Å². The molecule has 0 bridgehead atoms. The number of carbonyl (C=O) groups excluding carboxylic acids is 2. The zero-order valence-corrected chi connectivity index (χ0v) is 18.7. The van der Waals surface area contributed by atoms with E-state index in [1.807, 2.05) is 56.5 Å². The molecular formula is C25H27N3O4. The third-order valence-corrected chi connectivity index (χ3v) is 5.37. The Morgan fingerprint density at radius 2 is 1.59 bits per heavy atom. The first kappa shape index (κ1) is 21.5. The van der Waals surface area contributed by atoms with Crippen LogP contribution in [0.3, 0.4) is 0 Å². The highest BCUT2D eigenvalue weighted by Crippen LogP contribution is 2.33. The molecule has 2 heterocycles. The molecule has 166 valence electrons. The van der Waals surface area contributed by atoms with Crippen molar-refractivity contribution < 1.29 is 19.1 Å². The Morgan fingerprint density at radius 1 is 0.906 bits per heavy atom. The second-order valence-electron chi connectivity index (χ2n) is 8.13. The van der Waals surface area contributed by atoms with Crippen LogP contribution in [0.25, 0.3) is 5.69 Å². The molecule has 0 radical (unpaired) electrons. The van der Waals surface area contributed by atoms with E-state index in [9.17, 15) is 9.59 Å². The summed E-state index contributed by atoms with van der Waals surface area (Å²) in [4.78, 5) is 25.0. The number of anilines is 2. The molecule has 0 saturated heterocycles. The number of rotatable bonds is 5. The SMILES string of the molecule is Cc1cc(C(=O)Nc2cccc(NC(=O)C(C)C)c2)c(C)n1-c1ccc2c(c1)OCCO2. The van der Waals surface area contributed by atoms with Crippen LogP contribution in [0.15, 0.2) is 48.5 Å². The summed E-state index contributed by atoms with van der Waals surface area (Å²) in [5.41, 5.74) is 4.49. The van der Waals surface area contributed by atoms with Crippen molar-refractivity contribution in [3.63, 3.8) is 0 Å². The molecule has 7 nitrogen and oxygen atoms in total. The summed E-state index contributed by atoms with van der Waals surface area (Å²) in [5, 5.41) is 5.78. The highest BCUT2D eigenvalue weighted by molar-refractivity contribution is 6.06. The molecule has 0 aliphatic carbocycles. The molecule has 0 atom stereocenters. The lowest BCUT2D eigenvalue weighted by Gasteiger charge is -2.20. The number of carbonyl (C=O) groups is 2. The smallest absolute Gasteiger partial charge is 0.257 e. The van der Waals surface area contributed by atoms with Crippen LogP contribution in [-0.2, 0) is 4.79 Å². The normalized spacial score (nSPS) is 12.5. The Kier molecular flexibility index (Phi) is 5.90. The van der Waals surface area contributed by atoms with Gasteiger partial charge in [-0.05, 0) is 50.2 Å². The van der Waals surface area contributed by atoms with Crippen LogP contribution in [0.1, 0.15) is 35.6 Å². The largest absolute Gasteiger partial charge is 0.486 e. The first-order chi connectivity index (χ1) is 15.3. The fraction of sp³-hybridized carbons (Fsp3) is 0.280. The Balaban J connectivity index is 1.57. The maximum atomic E-state index is 13.0. The molecule has 7 heteroatoms. The van der Waals surface area contributed by atoms with Gasteiger partial charge in [-0.1, -0.05) is 19.9 Å². The van der Waals surface area contributed by atoms with Crippen molar-refractivity contribution in [3.05, 3.63) is 65.5 Å². The molecule has 2 amide bonds. The Labute approximate surface area is 187 Å². The molecule has 2 aromatic carbocycles. The molecule has 1 aliphatic rings. The molecule has 0 fully saturated rings. The second-order valence-corrected chi connectivity index (χ2v) is 8.13. The van der Waals surface area contributed by atoms with Crippen LogP contribution in [-0.4, -0.2) is 29.6 Å². The van der Waals surface area contributed by atoms with Crippen LogP contribution in [0, 0.1) is 19.8 Å². The summed E-state index contributed by atoms with van der Waals surface area (Å²) in [5.74, 6) is 1.02. The number of aryl methyl sites for hydroxylation is 1. The average Bonchev–Trinajstić information content (AvgIpc) is 3.07. The van der Waals surface area contributed by atoms with Crippen molar-refractivity contribution in [2.24, 2.45) is 5.92 Å². The highest BCUT2D eigenvalue weighted by atomic mass is 16.6. The van der Waals surface area contributed by atoms with E-state index in [1.165, 1.54) is 0 Å². The van der Waals surface area contributed by atoms with Gasteiger partial charge in [0.1, 0.15) is 13.2 Å². The number of nitrogens with zero attached hydrogens (tertiary/aromatic N) is 1. The van der Waals surface area contributed by atoms with E-state index in [-0.39, 0.29) is 17.7 Å². The first-order valence-corrected chi connectivity index (χ1v) is 10.6. The average molecular weight is 434 g/mol. The van der Waals surface area contributed by atoms with Crippen LogP contribution in [0.4, 0.5) is 11.4 Å². The van der Waals surface area contributed by atoms with Crippen LogP contribution < -0.4 is 20.1 Å². The monoisotopic (exact) mass is 433 g/mol. The molecule has 2 N–H and O–H groups in total. The molecule has 3 aromatic rings. The predicted molar refractivity (Wildman–Crippen MR) is 124 cm³/mol. The van der Waals surface area contributed by atoms with Crippen LogP contribution in [0.5, 0.6) is 11.5 Å². The van der Waals surface area contributed by atoms with E-state index in [2.05, 4.69) is 10.6 Å². The van der Waals surface area contributed by atoms with E-state index in [1.54, 1.807) is 24.3 Å². The third kappa shape index (κ3) is 4.32. The first-order valence-electron chi connectivity index (χ1n) is 10.6. The standard InChI is InChI=1S/C25H27N3O4/c1-15(2)24(29)26-18-6-5-7-19(13-18)27-25(30)21-12-16(3)28(17(21)4)20-8-9-22-23(14-20)32-11-10-31-22/h5-9,12-15H,10-11H2,1-4H3,(H,26,29)(H,27,30). The summed E-state index contributed by atoms with van der Waals surface area (Å²) < 4.78 is 13.3. The van der Waals surface area contributed by atoms with Gasteiger partial charge in [0.2, 0.25) is 5.91 Å². The minimum atomic E-state index is -0.214. The van der Waals surface area contributed by atoms with E-state index in [0.717, 1.165) is 22.8 Å². The Bertz CT molecular complexity index is 1180. The number of fused-ring (bicyclic) bond motifs is 1. The van der Waals surface area contributed by atoms with E-state index in [4.69, 9.17) is 9.47 Å².